The van der Waals surface area contributed by atoms with E-state index in [1.807, 2.05) is 12.1 Å². The van der Waals surface area contributed by atoms with E-state index >= 15 is 0 Å². The number of likely N-dealkylation sites (N-methyl/N-ethyl adjacent to an activating group) is 1. The molecule has 18 heavy (non-hydrogen) atoms. The van der Waals surface area contributed by atoms with Gasteiger partial charge in [-0.2, -0.15) is 0 Å². The van der Waals surface area contributed by atoms with E-state index in [2.05, 4.69) is 52.4 Å². The molecule has 0 radical (unpaired) electrons. The molecule has 0 spiro atoms. The molecule has 96 valence electrons. The minimum Gasteiger partial charge on any atom is -0.469 e. The van der Waals surface area contributed by atoms with Crippen LogP contribution in [-0.4, -0.2) is 13.1 Å². The van der Waals surface area contributed by atoms with Crippen molar-refractivity contribution in [2.75, 3.05) is 13.1 Å². The van der Waals surface area contributed by atoms with E-state index in [4.69, 9.17) is 4.42 Å². The van der Waals surface area contributed by atoms with Crippen LogP contribution in [0.25, 0.3) is 0 Å². The summed E-state index contributed by atoms with van der Waals surface area (Å²) in [7, 11) is 0. The second-order valence-electron chi connectivity index (χ2n) is 4.34. The predicted molar refractivity (Wildman–Crippen MR) is 77.8 cm³/mol. The molecule has 1 N–H and O–H groups in total. The van der Waals surface area contributed by atoms with Crippen molar-refractivity contribution < 1.29 is 4.42 Å². The van der Waals surface area contributed by atoms with Gasteiger partial charge in [0.2, 0.25) is 0 Å². The molecule has 2 aromatic rings. The van der Waals surface area contributed by atoms with Gasteiger partial charge in [-0.3, -0.25) is 0 Å². The molecule has 1 unspecified atom stereocenters. The Bertz CT molecular complexity index is 450. The fourth-order valence-electron chi connectivity index (χ4n) is 2.03. The van der Waals surface area contributed by atoms with Crippen molar-refractivity contribution in [3.63, 3.8) is 0 Å². The molecule has 0 aliphatic carbocycles. The van der Waals surface area contributed by atoms with Gasteiger partial charge in [0, 0.05) is 23.4 Å². The highest BCUT2D eigenvalue weighted by Gasteiger charge is 2.13. The van der Waals surface area contributed by atoms with Gasteiger partial charge >= 0.3 is 0 Å². The minimum atomic E-state index is 0.448. The Morgan fingerprint density at radius 3 is 2.61 bits per heavy atom. The van der Waals surface area contributed by atoms with E-state index in [9.17, 15) is 0 Å². The Labute approximate surface area is 117 Å². The van der Waals surface area contributed by atoms with Crippen LogP contribution in [0.1, 0.15) is 24.2 Å². The molecule has 0 bridgehead atoms. The lowest BCUT2D eigenvalue weighted by Gasteiger charge is -2.16. The lowest BCUT2D eigenvalue weighted by molar-refractivity contribution is 0.475. The average molecular weight is 308 g/mol. The number of rotatable bonds is 6. The monoisotopic (exact) mass is 307 g/mol. The molecule has 0 aliphatic rings. The zero-order valence-electron chi connectivity index (χ0n) is 10.5. The summed E-state index contributed by atoms with van der Waals surface area (Å²) in [4.78, 5) is 0. The second kappa shape index (κ2) is 6.76. The molecule has 2 nitrogen and oxygen atoms in total. The third-order valence-electron chi connectivity index (χ3n) is 3.01. The Morgan fingerprint density at radius 2 is 2.00 bits per heavy atom. The third-order valence-corrected chi connectivity index (χ3v) is 3.54. The smallest absolute Gasteiger partial charge is 0.104 e. The molecule has 1 heterocycles. The number of furan rings is 1. The van der Waals surface area contributed by atoms with Crippen LogP contribution in [0.3, 0.4) is 0 Å². The Balaban J connectivity index is 2.11. The van der Waals surface area contributed by atoms with E-state index < -0.39 is 0 Å². The molecule has 0 fully saturated rings. The molecular formula is C15H18BrNO. The van der Waals surface area contributed by atoms with Crippen molar-refractivity contribution in [2.45, 2.75) is 19.3 Å². The summed E-state index contributed by atoms with van der Waals surface area (Å²) in [5.74, 6) is 1.49. The van der Waals surface area contributed by atoms with Crippen LogP contribution in [0.4, 0.5) is 0 Å². The summed E-state index contributed by atoms with van der Waals surface area (Å²) in [5, 5.41) is 3.42. The molecule has 3 heteroatoms. The first kappa shape index (κ1) is 13.4. The zero-order valence-corrected chi connectivity index (χ0v) is 12.1. The highest BCUT2D eigenvalue weighted by atomic mass is 79.9. The quantitative estimate of drug-likeness (QED) is 0.873. The van der Waals surface area contributed by atoms with Crippen LogP contribution in [0.2, 0.25) is 0 Å². The zero-order chi connectivity index (χ0) is 12.8. The van der Waals surface area contributed by atoms with Gasteiger partial charge in [-0.15, -0.1) is 0 Å². The number of hydrogen-bond donors (Lipinski definition) is 1. The summed E-state index contributed by atoms with van der Waals surface area (Å²) >= 11 is 3.47. The topological polar surface area (TPSA) is 25.2 Å². The minimum absolute atomic E-state index is 0.448. The maximum Gasteiger partial charge on any atom is 0.104 e. The average Bonchev–Trinajstić information content (AvgIpc) is 2.88. The normalized spacial score (nSPS) is 12.6. The number of halogens is 1. The molecule has 0 aliphatic heterocycles. The van der Waals surface area contributed by atoms with Crippen LogP contribution in [-0.2, 0) is 6.42 Å². The summed E-state index contributed by atoms with van der Waals surface area (Å²) in [6.45, 7) is 4.09. The Morgan fingerprint density at radius 1 is 1.22 bits per heavy atom. The van der Waals surface area contributed by atoms with Crippen LogP contribution in [0, 0.1) is 0 Å². The number of nitrogens with one attached hydrogen (secondary N) is 1. The summed E-state index contributed by atoms with van der Waals surface area (Å²) in [6, 6.07) is 12.5. The van der Waals surface area contributed by atoms with Gasteiger partial charge in [0.15, 0.2) is 0 Å². The van der Waals surface area contributed by atoms with Gasteiger partial charge < -0.3 is 9.73 Å². The largest absolute Gasteiger partial charge is 0.469 e. The van der Waals surface area contributed by atoms with E-state index in [1.54, 1.807) is 6.26 Å². The van der Waals surface area contributed by atoms with Crippen molar-refractivity contribution in [3.05, 3.63) is 58.5 Å². The van der Waals surface area contributed by atoms with Gasteiger partial charge in [0.25, 0.3) is 0 Å². The molecule has 1 aromatic heterocycles. The highest BCUT2D eigenvalue weighted by Crippen LogP contribution is 2.22. The Kier molecular flexibility index (Phi) is 5.02. The predicted octanol–water partition coefficient (Wildman–Crippen LogP) is 3.98. The molecule has 0 amide bonds. The van der Waals surface area contributed by atoms with E-state index in [0.29, 0.717) is 5.92 Å². The van der Waals surface area contributed by atoms with Gasteiger partial charge in [0.05, 0.1) is 6.26 Å². The van der Waals surface area contributed by atoms with Gasteiger partial charge in [-0.25, -0.2) is 0 Å². The standard InChI is InChI=1S/C15H18BrNO/c1-2-17-11-13(10-15-4-3-9-18-15)12-5-7-14(16)8-6-12/h3-9,13,17H,2,10-11H2,1H3. The molecule has 0 saturated carbocycles. The highest BCUT2D eigenvalue weighted by molar-refractivity contribution is 9.10. The van der Waals surface area contributed by atoms with Crippen molar-refractivity contribution in [2.24, 2.45) is 0 Å². The fraction of sp³-hybridized carbons (Fsp3) is 0.333. The molecule has 1 aromatic carbocycles. The van der Waals surface area contributed by atoms with Gasteiger partial charge in [-0.05, 0) is 36.4 Å². The van der Waals surface area contributed by atoms with Crippen molar-refractivity contribution >= 4 is 15.9 Å². The SMILES string of the molecule is CCNCC(Cc1ccco1)c1ccc(Br)cc1. The summed E-state index contributed by atoms with van der Waals surface area (Å²) in [6.07, 6.45) is 2.67. The first-order valence-electron chi connectivity index (χ1n) is 6.28. The number of hydrogen-bond acceptors (Lipinski definition) is 2. The fourth-order valence-corrected chi connectivity index (χ4v) is 2.30. The molecule has 2 rings (SSSR count). The third kappa shape index (κ3) is 3.72. The first-order valence-corrected chi connectivity index (χ1v) is 7.07. The van der Waals surface area contributed by atoms with Crippen LogP contribution < -0.4 is 5.32 Å². The van der Waals surface area contributed by atoms with Gasteiger partial charge in [-0.1, -0.05) is 35.0 Å². The maximum absolute atomic E-state index is 5.45. The maximum atomic E-state index is 5.45. The first-order chi connectivity index (χ1) is 8.79. The van der Waals surface area contributed by atoms with E-state index in [0.717, 1.165) is 29.7 Å². The lowest BCUT2D eigenvalue weighted by atomic mass is 9.94. The van der Waals surface area contributed by atoms with Crippen LogP contribution >= 0.6 is 15.9 Å². The van der Waals surface area contributed by atoms with Crippen molar-refractivity contribution in [3.8, 4) is 0 Å². The van der Waals surface area contributed by atoms with E-state index in [-0.39, 0.29) is 0 Å². The summed E-state index contributed by atoms with van der Waals surface area (Å²) in [5.41, 5.74) is 1.34. The Hall–Kier alpha value is -1.06. The van der Waals surface area contributed by atoms with Crippen LogP contribution in [0.5, 0.6) is 0 Å². The molecular weight excluding hydrogens is 290 g/mol. The van der Waals surface area contributed by atoms with Gasteiger partial charge in [0.1, 0.15) is 5.76 Å². The lowest BCUT2D eigenvalue weighted by Crippen LogP contribution is -2.22. The molecule has 1 atom stereocenters. The van der Waals surface area contributed by atoms with E-state index in [1.165, 1.54) is 5.56 Å². The van der Waals surface area contributed by atoms with Crippen molar-refractivity contribution in [1.29, 1.82) is 0 Å². The van der Waals surface area contributed by atoms with Crippen molar-refractivity contribution in [1.82, 2.24) is 5.32 Å². The summed E-state index contributed by atoms with van der Waals surface area (Å²) < 4.78 is 6.57. The van der Waals surface area contributed by atoms with Crippen LogP contribution in [0.15, 0.2) is 51.6 Å². The number of benzene rings is 1. The second-order valence-corrected chi connectivity index (χ2v) is 5.26. The molecule has 0 saturated heterocycles.